The lowest BCUT2D eigenvalue weighted by Gasteiger charge is -2.26. The van der Waals surface area contributed by atoms with E-state index in [-0.39, 0.29) is 11.3 Å². The molecule has 1 amide bonds. The lowest BCUT2D eigenvalue weighted by atomic mass is 9.92. The zero-order valence-electron chi connectivity index (χ0n) is 21.2. The average Bonchev–Trinajstić information content (AvgIpc) is 3.13. The maximum atomic E-state index is 13.4. The number of anilines is 1. The number of methoxy groups -OCH3 is 1. The van der Waals surface area contributed by atoms with E-state index >= 15 is 0 Å². The Bertz CT molecular complexity index is 1320. The van der Waals surface area contributed by atoms with E-state index in [0.717, 1.165) is 22.4 Å². The minimum absolute atomic E-state index is 0.0559. The second kappa shape index (κ2) is 10.3. The first kappa shape index (κ1) is 25.0. The maximum Gasteiger partial charge on any atom is 0.300 e. The number of carbonyl (C=O) groups is 2. The second-order valence-electron chi connectivity index (χ2n) is 9.41. The molecule has 0 spiro atoms. The molecule has 3 aromatic carbocycles. The highest BCUT2D eigenvalue weighted by atomic mass is 16.5. The van der Waals surface area contributed by atoms with E-state index < -0.39 is 17.7 Å². The molecule has 1 atom stereocenters. The van der Waals surface area contributed by atoms with Crippen molar-refractivity contribution in [1.29, 1.82) is 0 Å². The van der Waals surface area contributed by atoms with E-state index in [9.17, 15) is 14.7 Å². The SMILES string of the molecule is COc1ccc(N2C(=O)C(=O)/C(=C(/O)c3ccc(OCC(C)C)c(C)c3)C2c2ccccc2C)cc1. The first-order valence-corrected chi connectivity index (χ1v) is 12.0. The van der Waals surface area contributed by atoms with Gasteiger partial charge in [-0.05, 0) is 78.9 Å². The molecule has 0 saturated carbocycles. The fourth-order valence-corrected chi connectivity index (χ4v) is 4.40. The van der Waals surface area contributed by atoms with Crippen LogP contribution < -0.4 is 14.4 Å². The normalized spacial score (nSPS) is 17.1. The van der Waals surface area contributed by atoms with Crippen LogP contribution in [0.25, 0.3) is 5.76 Å². The van der Waals surface area contributed by atoms with Gasteiger partial charge in [0.25, 0.3) is 11.7 Å². The van der Waals surface area contributed by atoms with Crippen molar-refractivity contribution in [3.8, 4) is 11.5 Å². The number of Topliss-reactive ketones (excluding diaryl/α,β-unsaturated/α-hetero) is 1. The highest BCUT2D eigenvalue weighted by molar-refractivity contribution is 6.51. The van der Waals surface area contributed by atoms with Gasteiger partial charge in [0.2, 0.25) is 0 Å². The number of carbonyl (C=O) groups excluding carboxylic acids is 2. The molecule has 1 unspecified atom stereocenters. The Labute approximate surface area is 211 Å². The molecular weight excluding hydrogens is 454 g/mol. The summed E-state index contributed by atoms with van der Waals surface area (Å²) in [5, 5.41) is 11.4. The lowest BCUT2D eigenvalue weighted by molar-refractivity contribution is -0.132. The van der Waals surface area contributed by atoms with Crippen LogP contribution in [0.1, 0.15) is 42.1 Å². The van der Waals surface area contributed by atoms with Crippen LogP contribution in [0, 0.1) is 19.8 Å². The summed E-state index contributed by atoms with van der Waals surface area (Å²) in [4.78, 5) is 28.2. The van der Waals surface area contributed by atoms with Gasteiger partial charge in [0, 0.05) is 11.3 Å². The molecule has 1 saturated heterocycles. The van der Waals surface area contributed by atoms with Crippen molar-refractivity contribution in [2.75, 3.05) is 18.6 Å². The largest absolute Gasteiger partial charge is 0.507 e. The molecule has 186 valence electrons. The van der Waals surface area contributed by atoms with Gasteiger partial charge in [-0.1, -0.05) is 38.1 Å². The number of ketones is 1. The van der Waals surface area contributed by atoms with Gasteiger partial charge < -0.3 is 14.6 Å². The number of hydrogen-bond acceptors (Lipinski definition) is 5. The van der Waals surface area contributed by atoms with E-state index in [1.54, 1.807) is 49.6 Å². The number of aliphatic hydroxyl groups excluding tert-OH is 1. The van der Waals surface area contributed by atoms with Crippen LogP contribution in [0.5, 0.6) is 11.5 Å². The summed E-state index contributed by atoms with van der Waals surface area (Å²) in [6.07, 6.45) is 0. The monoisotopic (exact) mass is 485 g/mol. The quantitative estimate of drug-likeness (QED) is 0.253. The van der Waals surface area contributed by atoms with Crippen molar-refractivity contribution >= 4 is 23.1 Å². The van der Waals surface area contributed by atoms with Crippen molar-refractivity contribution in [1.82, 2.24) is 0 Å². The van der Waals surface area contributed by atoms with Crippen LogP contribution in [0.15, 0.2) is 72.3 Å². The van der Waals surface area contributed by atoms with E-state index in [4.69, 9.17) is 9.47 Å². The molecule has 0 aromatic heterocycles. The zero-order valence-corrected chi connectivity index (χ0v) is 21.2. The third-order valence-electron chi connectivity index (χ3n) is 6.30. The summed E-state index contributed by atoms with van der Waals surface area (Å²) < 4.78 is 11.1. The first-order chi connectivity index (χ1) is 17.2. The summed E-state index contributed by atoms with van der Waals surface area (Å²) in [5.41, 5.74) is 3.55. The fraction of sp³-hybridized carbons (Fsp3) is 0.267. The topological polar surface area (TPSA) is 76.1 Å². The van der Waals surface area contributed by atoms with Crippen molar-refractivity contribution in [3.05, 3.63) is 94.6 Å². The van der Waals surface area contributed by atoms with E-state index in [0.29, 0.717) is 29.5 Å². The molecule has 3 aromatic rings. The van der Waals surface area contributed by atoms with Crippen LogP contribution in [-0.4, -0.2) is 30.5 Å². The molecule has 1 heterocycles. The summed E-state index contributed by atoms with van der Waals surface area (Å²) in [6, 6.07) is 19.0. The van der Waals surface area contributed by atoms with Crippen LogP contribution in [0.3, 0.4) is 0 Å². The molecule has 4 rings (SSSR count). The van der Waals surface area contributed by atoms with Gasteiger partial charge >= 0.3 is 0 Å². The molecule has 36 heavy (non-hydrogen) atoms. The Kier molecular flexibility index (Phi) is 7.15. The second-order valence-corrected chi connectivity index (χ2v) is 9.41. The number of rotatable bonds is 7. The molecule has 1 aliphatic heterocycles. The Morgan fingerprint density at radius 2 is 1.67 bits per heavy atom. The Morgan fingerprint density at radius 3 is 2.28 bits per heavy atom. The molecule has 0 bridgehead atoms. The number of amides is 1. The Morgan fingerprint density at radius 1 is 0.972 bits per heavy atom. The average molecular weight is 486 g/mol. The highest BCUT2D eigenvalue weighted by Crippen LogP contribution is 2.43. The summed E-state index contributed by atoms with van der Waals surface area (Å²) in [7, 11) is 1.57. The van der Waals surface area contributed by atoms with Gasteiger partial charge in [-0.3, -0.25) is 14.5 Å². The van der Waals surface area contributed by atoms with Crippen LogP contribution in [-0.2, 0) is 9.59 Å². The molecule has 0 radical (unpaired) electrons. The number of benzene rings is 3. The molecule has 6 nitrogen and oxygen atoms in total. The number of nitrogens with zero attached hydrogens (tertiary/aromatic N) is 1. The van der Waals surface area contributed by atoms with Crippen molar-refractivity contribution < 1.29 is 24.2 Å². The van der Waals surface area contributed by atoms with Crippen molar-refractivity contribution in [3.63, 3.8) is 0 Å². The smallest absolute Gasteiger partial charge is 0.300 e. The predicted molar refractivity (Wildman–Crippen MR) is 140 cm³/mol. The molecule has 6 heteroatoms. The van der Waals surface area contributed by atoms with Gasteiger partial charge in [-0.25, -0.2) is 0 Å². The maximum absolute atomic E-state index is 13.4. The lowest BCUT2D eigenvalue weighted by Crippen LogP contribution is -2.29. The van der Waals surface area contributed by atoms with Crippen molar-refractivity contribution in [2.24, 2.45) is 5.92 Å². The van der Waals surface area contributed by atoms with Crippen LogP contribution >= 0.6 is 0 Å². The molecular formula is C30H31NO5. The third kappa shape index (κ3) is 4.71. The minimum Gasteiger partial charge on any atom is -0.507 e. The molecule has 1 N–H and O–H groups in total. The summed E-state index contributed by atoms with van der Waals surface area (Å²) >= 11 is 0. The molecule has 1 aliphatic rings. The van der Waals surface area contributed by atoms with Gasteiger partial charge in [0.15, 0.2) is 0 Å². The van der Waals surface area contributed by atoms with Crippen molar-refractivity contribution in [2.45, 2.75) is 33.7 Å². The first-order valence-electron chi connectivity index (χ1n) is 12.0. The van der Waals surface area contributed by atoms with Gasteiger partial charge in [-0.2, -0.15) is 0 Å². The van der Waals surface area contributed by atoms with Crippen LogP contribution in [0.2, 0.25) is 0 Å². The minimum atomic E-state index is -0.781. The number of aryl methyl sites for hydroxylation is 2. The molecule has 1 fully saturated rings. The van der Waals surface area contributed by atoms with Crippen LogP contribution in [0.4, 0.5) is 5.69 Å². The Balaban J connectivity index is 1.85. The predicted octanol–water partition coefficient (Wildman–Crippen LogP) is 5.97. The number of aliphatic hydroxyl groups is 1. The standard InChI is InChI=1S/C30H31NO5/c1-18(2)17-36-25-15-10-21(16-20(25)4)28(32)26-27(24-9-7-6-8-19(24)3)31(30(34)29(26)33)22-11-13-23(35-5)14-12-22/h6-16,18,27,32H,17H2,1-5H3/b28-26+. The molecule has 0 aliphatic carbocycles. The third-order valence-corrected chi connectivity index (χ3v) is 6.30. The fourth-order valence-electron chi connectivity index (χ4n) is 4.40. The Hall–Kier alpha value is -4.06. The van der Waals surface area contributed by atoms with E-state index in [1.165, 1.54) is 4.90 Å². The number of ether oxygens (including phenoxy) is 2. The van der Waals surface area contributed by atoms with Gasteiger partial charge in [0.05, 0.1) is 25.3 Å². The summed E-state index contributed by atoms with van der Waals surface area (Å²) in [5.74, 6) is 0.0991. The zero-order chi connectivity index (χ0) is 26.0. The van der Waals surface area contributed by atoms with Gasteiger partial charge in [0.1, 0.15) is 17.3 Å². The number of hydrogen-bond donors (Lipinski definition) is 1. The van der Waals surface area contributed by atoms with Gasteiger partial charge in [-0.15, -0.1) is 0 Å². The summed E-state index contributed by atoms with van der Waals surface area (Å²) in [6.45, 7) is 8.54. The van der Waals surface area contributed by atoms with E-state index in [1.807, 2.05) is 38.1 Å². The van der Waals surface area contributed by atoms with E-state index in [2.05, 4.69) is 13.8 Å². The highest BCUT2D eigenvalue weighted by Gasteiger charge is 2.47.